The molecule has 27 heavy (non-hydrogen) atoms. The first-order valence-corrected chi connectivity index (χ1v) is 8.75. The van der Waals surface area contributed by atoms with Gasteiger partial charge < -0.3 is 14.5 Å². The topological polar surface area (TPSA) is 87.2 Å². The van der Waals surface area contributed by atoms with Gasteiger partial charge in [0, 0.05) is 19.6 Å². The van der Waals surface area contributed by atoms with Crippen LogP contribution in [0.1, 0.15) is 34.1 Å². The van der Waals surface area contributed by atoms with Crippen LogP contribution in [0.5, 0.6) is 0 Å². The second-order valence-corrected chi connectivity index (χ2v) is 6.66. The zero-order chi connectivity index (χ0) is 20.1. The monoisotopic (exact) mass is 375 g/mol. The van der Waals surface area contributed by atoms with E-state index in [1.807, 2.05) is 19.0 Å². The molecule has 0 fully saturated rings. The summed E-state index contributed by atoms with van der Waals surface area (Å²) in [7, 11) is 5.03. The highest BCUT2D eigenvalue weighted by Crippen LogP contribution is 2.25. The summed E-state index contributed by atoms with van der Waals surface area (Å²) in [5.74, 6) is -1.75. The number of carbonyl (C=O) groups excluding carboxylic acids is 4. The number of rotatable bonds is 8. The number of benzene rings is 1. The van der Waals surface area contributed by atoms with Crippen molar-refractivity contribution in [2.24, 2.45) is 0 Å². The SMILES string of the molecule is COC(=O)CCN(CCN(C)C)C(=O)C(C)N1C(=O)c2ccccc2C1=O. The van der Waals surface area contributed by atoms with Crippen LogP contribution in [-0.2, 0) is 14.3 Å². The van der Waals surface area contributed by atoms with E-state index in [9.17, 15) is 19.2 Å². The number of ether oxygens (including phenoxy) is 1. The molecule has 1 aromatic rings. The lowest BCUT2D eigenvalue weighted by Gasteiger charge is -2.30. The van der Waals surface area contributed by atoms with Crippen molar-refractivity contribution < 1.29 is 23.9 Å². The van der Waals surface area contributed by atoms with E-state index < -0.39 is 23.8 Å². The molecule has 1 aromatic carbocycles. The smallest absolute Gasteiger partial charge is 0.307 e. The molecule has 0 spiro atoms. The molecule has 0 aromatic heterocycles. The predicted molar refractivity (Wildman–Crippen MR) is 98.2 cm³/mol. The number of methoxy groups -OCH3 is 1. The molecule has 0 saturated carbocycles. The Hall–Kier alpha value is -2.74. The second-order valence-electron chi connectivity index (χ2n) is 6.66. The lowest BCUT2D eigenvalue weighted by molar-refractivity contribution is -0.142. The molecule has 1 unspecified atom stereocenters. The van der Waals surface area contributed by atoms with Crippen LogP contribution in [0.4, 0.5) is 0 Å². The van der Waals surface area contributed by atoms with E-state index in [4.69, 9.17) is 0 Å². The van der Waals surface area contributed by atoms with Crippen LogP contribution in [-0.4, -0.2) is 85.3 Å². The molecular formula is C19H25N3O5. The van der Waals surface area contributed by atoms with Crippen LogP contribution < -0.4 is 0 Å². The van der Waals surface area contributed by atoms with E-state index in [2.05, 4.69) is 4.74 Å². The van der Waals surface area contributed by atoms with Crippen LogP contribution >= 0.6 is 0 Å². The normalized spacial score (nSPS) is 14.3. The molecule has 3 amide bonds. The molecule has 1 aliphatic rings. The third-order valence-corrected chi connectivity index (χ3v) is 4.51. The highest BCUT2D eigenvalue weighted by Gasteiger charge is 2.41. The molecule has 1 heterocycles. The minimum absolute atomic E-state index is 0.0461. The summed E-state index contributed by atoms with van der Waals surface area (Å²) in [6.45, 7) is 2.65. The lowest BCUT2D eigenvalue weighted by atomic mass is 10.1. The lowest BCUT2D eigenvalue weighted by Crippen LogP contribution is -2.51. The number of amides is 3. The molecule has 2 rings (SSSR count). The van der Waals surface area contributed by atoms with Crippen molar-refractivity contribution >= 4 is 23.7 Å². The van der Waals surface area contributed by atoms with Gasteiger partial charge in [0.05, 0.1) is 24.7 Å². The molecule has 146 valence electrons. The Balaban J connectivity index is 2.17. The first kappa shape index (κ1) is 20.6. The molecule has 0 bridgehead atoms. The summed E-state index contributed by atoms with van der Waals surface area (Å²) in [6.07, 6.45) is 0.0461. The molecule has 1 aliphatic heterocycles. The van der Waals surface area contributed by atoms with Crippen molar-refractivity contribution in [2.45, 2.75) is 19.4 Å². The molecule has 0 N–H and O–H groups in total. The molecule has 1 atom stereocenters. The number of likely N-dealkylation sites (N-methyl/N-ethyl adjacent to an activating group) is 1. The van der Waals surface area contributed by atoms with Crippen molar-refractivity contribution in [1.82, 2.24) is 14.7 Å². The highest BCUT2D eigenvalue weighted by atomic mass is 16.5. The molecule has 8 heteroatoms. The van der Waals surface area contributed by atoms with Gasteiger partial charge in [-0.05, 0) is 33.2 Å². The van der Waals surface area contributed by atoms with E-state index in [1.54, 1.807) is 24.3 Å². The third-order valence-electron chi connectivity index (χ3n) is 4.51. The summed E-state index contributed by atoms with van der Waals surface area (Å²) < 4.78 is 4.64. The minimum atomic E-state index is -0.961. The molecular weight excluding hydrogens is 350 g/mol. The van der Waals surface area contributed by atoms with Crippen molar-refractivity contribution in [3.8, 4) is 0 Å². The Morgan fingerprint density at radius 1 is 1.04 bits per heavy atom. The fraction of sp³-hybridized carbons (Fsp3) is 0.474. The number of esters is 1. The van der Waals surface area contributed by atoms with Crippen molar-refractivity contribution in [3.63, 3.8) is 0 Å². The zero-order valence-electron chi connectivity index (χ0n) is 16.1. The van der Waals surface area contributed by atoms with Gasteiger partial charge in [-0.2, -0.15) is 0 Å². The number of imide groups is 1. The fourth-order valence-corrected chi connectivity index (χ4v) is 2.92. The number of carbonyl (C=O) groups is 4. The molecule has 0 aliphatic carbocycles. The van der Waals surface area contributed by atoms with Gasteiger partial charge in [0.25, 0.3) is 11.8 Å². The number of nitrogens with zero attached hydrogens (tertiary/aromatic N) is 3. The standard InChI is InChI=1S/C19H25N3O5/c1-13(22-18(25)14-7-5-6-8-15(14)19(22)26)17(24)21(12-11-20(2)3)10-9-16(23)27-4/h5-8,13H,9-12H2,1-4H3. The Bertz CT molecular complexity index is 712. The highest BCUT2D eigenvalue weighted by molar-refractivity contribution is 6.22. The second kappa shape index (κ2) is 8.77. The summed E-state index contributed by atoms with van der Waals surface area (Å²) in [6, 6.07) is 5.55. The van der Waals surface area contributed by atoms with Gasteiger partial charge in [0.15, 0.2) is 0 Å². The van der Waals surface area contributed by atoms with Crippen molar-refractivity contribution in [2.75, 3.05) is 40.8 Å². The van der Waals surface area contributed by atoms with Crippen LogP contribution in [0.25, 0.3) is 0 Å². The quantitative estimate of drug-likeness (QED) is 0.489. The third kappa shape index (κ3) is 4.51. The Kier molecular flexibility index (Phi) is 6.68. The number of hydrogen-bond donors (Lipinski definition) is 0. The summed E-state index contributed by atoms with van der Waals surface area (Å²) in [5.41, 5.74) is 0.605. The van der Waals surface area contributed by atoms with Gasteiger partial charge in [-0.25, -0.2) is 0 Å². The molecule has 0 saturated heterocycles. The van der Waals surface area contributed by atoms with Gasteiger partial charge in [-0.1, -0.05) is 12.1 Å². The number of hydrogen-bond acceptors (Lipinski definition) is 6. The maximum atomic E-state index is 13.0. The maximum absolute atomic E-state index is 13.0. The van der Waals surface area contributed by atoms with Gasteiger partial charge >= 0.3 is 5.97 Å². The summed E-state index contributed by atoms with van der Waals surface area (Å²) in [4.78, 5) is 54.1. The minimum Gasteiger partial charge on any atom is -0.469 e. The average Bonchev–Trinajstić information content (AvgIpc) is 2.91. The largest absolute Gasteiger partial charge is 0.469 e. The van der Waals surface area contributed by atoms with Gasteiger partial charge in [-0.3, -0.25) is 24.1 Å². The first-order chi connectivity index (χ1) is 12.8. The van der Waals surface area contributed by atoms with Gasteiger partial charge in [0.2, 0.25) is 5.91 Å². The zero-order valence-corrected chi connectivity index (χ0v) is 16.1. The Morgan fingerprint density at radius 2 is 1.59 bits per heavy atom. The van der Waals surface area contributed by atoms with Crippen LogP contribution in [0.3, 0.4) is 0 Å². The predicted octanol–water partition coefficient (Wildman–Crippen LogP) is 0.624. The Labute approximate surface area is 158 Å². The van der Waals surface area contributed by atoms with Crippen LogP contribution in [0.15, 0.2) is 24.3 Å². The fourth-order valence-electron chi connectivity index (χ4n) is 2.92. The summed E-state index contributed by atoms with van der Waals surface area (Å²) in [5, 5.41) is 0. The summed E-state index contributed by atoms with van der Waals surface area (Å²) >= 11 is 0. The average molecular weight is 375 g/mol. The number of fused-ring (bicyclic) bond motifs is 1. The van der Waals surface area contributed by atoms with E-state index >= 15 is 0 Å². The van der Waals surface area contributed by atoms with Crippen LogP contribution in [0, 0.1) is 0 Å². The molecule has 8 nitrogen and oxygen atoms in total. The van der Waals surface area contributed by atoms with E-state index in [0.29, 0.717) is 24.2 Å². The first-order valence-electron chi connectivity index (χ1n) is 8.75. The van der Waals surface area contributed by atoms with Gasteiger partial charge in [-0.15, -0.1) is 0 Å². The van der Waals surface area contributed by atoms with E-state index in [1.165, 1.54) is 18.9 Å². The molecule has 0 radical (unpaired) electrons. The van der Waals surface area contributed by atoms with Gasteiger partial charge in [0.1, 0.15) is 6.04 Å². The Morgan fingerprint density at radius 3 is 2.07 bits per heavy atom. The maximum Gasteiger partial charge on any atom is 0.307 e. The van der Waals surface area contributed by atoms with E-state index in [-0.39, 0.29) is 18.9 Å². The van der Waals surface area contributed by atoms with Crippen LogP contribution in [0.2, 0.25) is 0 Å². The van der Waals surface area contributed by atoms with Crippen molar-refractivity contribution in [3.05, 3.63) is 35.4 Å². The van der Waals surface area contributed by atoms with E-state index in [0.717, 1.165) is 4.90 Å². The van der Waals surface area contributed by atoms with Crippen molar-refractivity contribution in [1.29, 1.82) is 0 Å².